The van der Waals surface area contributed by atoms with Gasteiger partial charge in [0.15, 0.2) is 6.29 Å². The van der Waals surface area contributed by atoms with Gasteiger partial charge < -0.3 is 19.7 Å². The summed E-state index contributed by atoms with van der Waals surface area (Å²) in [7, 11) is 0. The first-order valence-electron chi connectivity index (χ1n) is 9.19. The number of nitrogens with one attached hydrogen (secondary N) is 1. The Morgan fingerprint density at radius 3 is 2.35 bits per heavy atom. The van der Waals surface area contributed by atoms with E-state index in [0.717, 1.165) is 32.8 Å². The van der Waals surface area contributed by atoms with E-state index >= 15 is 0 Å². The maximum atomic E-state index is 5.67. The summed E-state index contributed by atoms with van der Waals surface area (Å²) < 4.78 is 11.3. The second-order valence-electron chi connectivity index (χ2n) is 7.07. The highest BCUT2D eigenvalue weighted by atomic mass is 16.7. The fourth-order valence-corrected chi connectivity index (χ4v) is 4.17. The molecule has 0 bridgehead atoms. The molecule has 0 aliphatic carbocycles. The first-order chi connectivity index (χ1) is 11.4. The van der Waals surface area contributed by atoms with Gasteiger partial charge in [-0.05, 0) is 55.8 Å². The fourth-order valence-electron chi connectivity index (χ4n) is 4.17. The smallest absolute Gasteiger partial charge is 0.160 e. The first-order valence-corrected chi connectivity index (χ1v) is 9.19. The Hall–Kier alpha value is -1.10. The molecule has 1 aromatic rings. The van der Waals surface area contributed by atoms with Gasteiger partial charge in [0.25, 0.3) is 0 Å². The van der Waals surface area contributed by atoms with Gasteiger partial charge in [-0.15, -0.1) is 0 Å². The topological polar surface area (TPSA) is 33.7 Å². The molecule has 0 saturated carbocycles. The summed E-state index contributed by atoms with van der Waals surface area (Å²) in [5.74, 6) is 1.27. The molecule has 3 fully saturated rings. The van der Waals surface area contributed by atoms with Crippen LogP contribution in [0.2, 0.25) is 0 Å². The summed E-state index contributed by atoms with van der Waals surface area (Å²) in [6.07, 6.45) is 5.00. The van der Waals surface area contributed by atoms with E-state index in [1.54, 1.807) is 0 Å². The molecule has 3 aliphatic rings. The molecule has 1 atom stereocenters. The molecular formula is C19H28N2O2. The number of hydrogen-bond donors (Lipinski definition) is 1. The number of ether oxygens (including phenoxy) is 2. The van der Waals surface area contributed by atoms with Crippen LogP contribution in [-0.2, 0) is 9.47 Å². The molecule has 4 heteroatoms. The molecule has 0 amide bonds. The molecular weight excluding hydrogens is 288 g/mol. The lowest BCUT2D eigenvalue weighted by Gasteiger charge is -2.35. The van der Waals surface area contributed by atoms with Gasteiger partial charge in [-0.2, -0.15) is 0 Å². The molecule has 0 radical (unpaired) electrons. The van der Waals surface area contributed by atoms with Crippen molar-refractivity contribution in [3.8, 4) is 0 Å². The van der Waals surface area contributed by atoms with E-state index in [0.29, 0.717) is 11.8 Å². The standard InChI is InChI=1S/C19H28N2O2/c1-2-17(14-20-9-1)15-3-5-18(6-4-15)21-10-7-16(8-11-21)19-22-12-13-23-19/h3-6,16-17,19-20H,1-2,7-14H2/t17-/m1/s1. The summed E-state index contributed by atoms with van der Waals surface area (Å²) in [5, 5.41) is 3.51. The molecule has 126 valence electrons. The zero-order valence-corrected chi connectivity index (χ0v) is 13.9. The van der Waals surface area contributed by atoms with Gasteiger partial charge in [0, 0.05) is 31.2 Å². The van der Waals surface area contributed by atoms with Crippen LogP contribution in [0.3, 0.4) is 0 Å². The predicted octanol–water partition coefficient (Wildman–Crippen LogP) is 2.74. The third-order valence-electron chi connectivity index (χ3n) is 5.60. The third-order valence-corrected chi connectivity index (χ3v) is 5.60. The van der Waals surface area contributed by atoms with Gasteiger partial charge in [-0.3, -0.25) is 0 Å². The van der Waals surface area contributed by atoms with E-state index in [4.69, 9.17) is 9.47 Å². The number of anilines is 1. The van der Waals surface area contributed by atoms with Crippen molar-refractivity contribution in [2.75, 3.05) is 44.3 Å². The van der Waals surface area contributed by atoms with Crippen LogP contribution < -0.4 is 10.2 Å². The number of nitrogens with zero attached hydrogens (tertiary/aromatic N) is 1. The Balaban J connectivity index is 1.33. The van der Waals surface area contributed by atoms with Crippen LogP contribution in [0.4, 0.5) is 5.69 Å². The lowest BCUT2D eigenvalue weighted by atomic mass is 9.91. The highest BCUT2D eigenvalue weighted by Gasteiger charge is 2.30. The fraction of sp³-hybridized carbons (Fsp3) is 0.684. The van der Waals surface area contributed by atoms with Crippen molar-refractivity contribution < 1.29 is 9.47 Å². The minimum absolute atomic E-state index is 0.0540. The maximum absolute atomic E-state index is 5.67. The third kappa shape index (κ3) is 3.54. The van der Waals surface area contributed by atoms with Crippen molar-refractivity contribution in [3.63, 3.8) is 0 Å². The zero-order chi connectivity index (χ0) is 15.5. The van der Waals surface area contributed by atoms with Gasteiger partial charge in [0.05, 0.1) is 13.2 Å². The highest BCUT2D eigenvalue weighted by molar-refractivity contribution is 5.48. The van der Waals surface area contributed by atoms with Gasteiger partial charge in [0.2, 0.25) is 0 Å². The SMILES string of the molecule is c1cc(N2CCC(C3OCCO3)CC2)ccc1[C@@H]1CCCNC1. The molecule has 1 aromatic carbocycles. The minimum Gasteiger partial charge on any atom is -0.372 e. The molecule has 4 rings (SSSR count). The van der Waals surface area contributed by atoms with Crippen molar-refractivity contribution in [1.82, 2.24) is 5.32 Å². The van der Waals surface area contributed by atoms with Gasteiger partial charge in [-0.25, -0.2) is 0 Å². The predicted molar refractivity (Wildman–Crippen MR) is 91.9 cm³/mol. The molecule has 3 heterocycles. The van der Waals surface area contributed by atoms with Crippen molar-refractivity contribution in [1.29, 1.82) is 0 Å². The van der Waals surface area contributed by atoms with E-state index in [-0.39, 0.29) is 6.29 Å². The van der Waals surface area contributed by atoms with Crippen molar-refractivity contribution in [2.24, 2.45) is 5.92 Å². The zero-order valence-electron chi connectivity index (χ0n) is 13.9. The lowest BCUT2D eigenvalue weighted by Crippen LogP contribution is -2.38. The normalized spacial score (nSPS) is 27.5. The quantitative estimate of drug-likeness (QED) is 0.930. The van der Waals surface area contributed by atoms with Gasteiger partial charge >= 0.3 is 0 Å². The average molecular weight is 316 g/mol. The van der Waals surface area contributed by atoms with E-state index < -0.39 is 0 Å². The molecule has 3 aliphatic heterocycles. The molecule has 0 spiro atoms. The molecule has 23 heavy (non-hydrogen) atoms. The van der Waals surface area contributed by atoms with Crippen LogP contribution >= 0.6 is 0 Å². The Labute approximate surface area is 139 Å². The summed E-state index contributed by atoms with van der Waals surface area (Å²) >= 11 is 0. The Bertz CT molecular complexity index is 485. The number of rotatable bonds is 3. The summed E-state index contributed by atoms with van der Waals surface area (Å²) in [6, 6.07) is 9.30. The monoisotopic (exact) mass is 316 g/mol. The van der Waals surface area contributed by atoms with Crippen LogP contribution in [0.25, 0.3) is 0 Å². The summed E-state index contributed by atoms with van der Waals surface area (Å²) in [5.41, 5.74) is 2.85. The number of piperidine rings is 2. The Kier molecular flexibility index (Phi) is 4.83. The Morgan fingerprint density at radius 2 is 1.70 bits per heavy atom. The minimum atomic E-state index is 0.0540. The van der Waals surface area contributed by atoms with Crippen LogP contribution in [-0.4, -0.2) is 45.7 Å². The van der Waals surface area contributed by atoms with Crippen LogP contribution in [0, 0.1) is 5.92 Å². The van der Waals surface area contributed by atoms with Crippen LogP contribution in [0.5, 0.6) is 0 Å². The average Bonchev–Trinajstić information content (AvgIpc) is 3.18. The number of hydrogen-bond acceptors (Lipinski definition) is 4. The molecule has 3 saturated heterocycles. The molecule has 4 nitrogen and oxygen atoms in total. The van der Waals surface area contributed by atoms with E-state index in [2.05, 4.69) is 34.5 Å². The van der Waals surface area contributed by atoms with E-state index in [1.807, 2.05) is 0 Å². The van der Waals surface area contributed by atoms with Crippen molar-refractivity contribution in [2.45, 2.75) is 37.9 Å². The van der Waals surface area contributed by atoms with E-state index in [1.165, 1.54) is 43.5 Å². The van der Waals surface area contributed by atoms with Crippen LogP contribution in [0.1, 0.15) is 37.2 Å². The lowest BCUT2D eigenvalue weighted by molar-refractivity contribution is -0.0889. The van der Waals surface area contributed by atoms with Crippen molar-refractivity contribution >= 4 is 5.69 Å². The maximum Gasteiger partial charge on any atom is 0.160 e. The summed E-state index contributed by atoms with van der Waals surface area (Å²) in [6.45, 7) is 6.06. The first kappa shape index (κ1) is 15.4. The second kappa shape index (κ2) is 7.20. The Morgan fingerprint density at radius 1 is 0.957 bits per heavy atom. The highest BCUT2D eigenvalue weighted by Crippen LogP contribution is 2.30. The second-order valence-corrected chi connectivity index (χ2v) is 7.07. The largest absolute Gasteiger partial charge is 0.372 e. The van der Waals surface area contributed by atoms with Gasteiger partial charge in [-0.1, -0.05) is 12.1 Å². The van der Waals surface area contributed by atoms with E-state index in [9.17, 15) is 0 Å². The van der Waals surface area contributed by atoms with Crippen LogP contribution in [0.15, 0.2) is 24.3 Å². The molecule has 0 unspecified atom stereocenters. The molecule has 1 N–H and O–H groups in total. The van der Waals surface area contributed by atoms with Crippen molar-refractivity contribution in [3.05, 3.63) is 29.8 Å². The van der Waals surface area contributed by atoms with Gasteiger partial charge in [0.1, 0.15) is 0 Å². The molecule has 0 aromatic heterocycles. The summed E-state index contributed by atoms with van der Waals surface area (Å²) in [4.78, 5) is 2.51. The number of benzene rings is 1.